The van der Waals surface area contributed by atoms with Crippen molar-refractivity contribution in [3.05, 3.63) is 52.7 Å². The van der Waals surface area contributed by atoms with E-state index >= 15 is 0 Å². The van der Waals surface area contributed by atoms with Crippen LogP contribution in [0.1, 0.15) is 11.4 Å². The average molecular weight is 267 g/mol. The number of aromatic amines is 1. The van der Waals surface area contributed by atoms with E-state index < -0.39 is 0 Å². The van der Waals surface area contributed by atoms with Gasteiger partial charge in [-0.1, -0.05) is 36.5 Å². The molecule has 1 N–H and O–H groups in total. The van der Waals surface area contributed by atoms with Crippen molar-refractivity contribution in [3.8, 4) is 11.3 Å². The lowest BCUT2D eigenvalue weighted by atomic mass is 10.1. The molecule has 19 heavy (non-hydrogen) atoms. The lowest BCUT2D eigenvalue weighted by Gasteiger charge is -2.08. The fourth-order valence-corrected chi connectivity index (χ4v) is 2.42. The smallest absolute Gasteiger partial charge is 0.130 e. The van der Waals surface area contributed by atoms with Crippen LogP contribution in [0.3, 0.4) is 0 Å². The average Bonchev–Trinajstić information content (AvgIpc) is 2.42. The van der Waals surface area contributed by atoms with Crippen LogP contribution in [0.4, 0.5) is 0 Å². The lowest BCUT2D eigenvalue weighted by molar-refractivity contribution is 1.04. The number of benzene rings is 1. The first-order valence-electron chi connectivity index (χ1n) is 6.07. The van der Waals surface area contributed by atoms with Crippen LogP contribution in [0.15, 0.2) is 36.7 Å². The van der Waals surface area contributed by atoms with Crippen molar-refractivity contribution in [2.45, 2.75) is 13.8 Å². The highest BCUT2D eigenvalue weighted by molar-refractivity contribution is 7.71. The van der Waals surface area contributed by atoms with Crippen molar-refractivity contribution in [2.75, 3.05) is 0 Å². The second-order valence-electron chi connectivity index (χ2n) is 4.53. The summed E-state index contributed by atoms with van der Waals surface area (Å²) in [6.45, 7) is 3.95. The summed E-state index contributed by atoms with van der Waals surface area (Å²) in [7, 11) is 0. The number of H-pyrrole nitrogens is 1. The molecule has 3 nitrogen and oxygen atoms in total. The lowest BCUT2D eigenvalue weighted by Crippen LogP contribution is -1.97. The number of aromatic nitrogens is 3. The Labute approximate surface area is 116 Å². The molecule has 0 spiro atoms. The minimum Gasteiger partial charge on any atom is -0.347 e. The fraction of sp³-hybridized carbons (Fsp3) is 0.133. The third kappa shape index (κ3) is 2.04. The Bertz CT molecular complexity index is 816. The van der Waals surface area contributed by atoms with Crippen LogP contribution in [0.25, 0.3) is 22.0 Å². The van der Waals surface area contributed by atoms with Gasteiger partial charge in [0.15, 0.2) is 0 Å². The molecule has 3 aromatic rings. The minimum atomic E-state index is 0.654. The van der Waals surface area contributed by atoms with Crippen molar-refractivity contribution >= 4 is 23.0 Å². The second-order valence-corrected chi connectivity index (χ2v) is 4.94. The standard InChI is InChI=1S/C15H13N3S/c1-9-10(2)18-15(19)14(17-9)13-8-16-7-11-5-3-4-6-12(11)13/h3-8H,1-2H3,(H,18,19). The highest BCUT2D eigenvalue weighted by atomic mass is 32.1. The van der Waals surface area contributed by atoms with Crippen LogP contribution >= 0.6 is 12.2 Å². The normalized spacial score (nSPS) is 10.8. The van der Waals surface area contributed by atoms with Crippen LogP contribution in [-0.4, -0.2) is 15.0 Å². The first-order chi connectivity index (χ1) is 9.16. The zero-order chi connectivity index (χ0) is 13.4. The molecule has 0 radical (unpaired) electrons. The number of hydrogen-bond donors (Lipinski definition) is 1. The maximum atomic E-state index is 5.40. The summed E-state index contributed by atoms with van der Waals surface area (Å²) in [6.07, 6.45) is 3.68. The van der Waals surface area contributed by atoms with Gasteiger partial charge in [-0.25, -0.2) is 4.98 Å². The Balaban J connectivity index is 2.37. The summed E-state index contributed by atoms with van der Waals surface area (Å²) < 4.78 is 0.654. The molecular formula is C15H13N3S. The zero-order valence-corrected chi connectivity index (χ0v) is 11.6. The molecule has 0 unspecified atom stereocenters. The van der Waals surface area contributed by atoms with E-state index in [4.69, 9.17) is 12.2 Å². The largest absolute Gasteiger partial charge is 0.347 e. The van der Waals surface area contributed by atoms with Crippen LogP contribution < -0.4 is 0 Å². The fourth-order valence-electron chi connectivity index (χ4n) is 2.11. The number of rotatable bonds is 1. The first kappa shape index (κ1) is 12.0. The molecule has 0 fully saturated rings. The van der Waals surface area contributed by atoms with Gasteiger partial charge in [0.2, 0.25) is 0 Å². The summed E-state index contributed by atoms with van der Waals surface area (Å²) in [5, 5.41) is 2.21. The summed E-state index contributed by atoms with van der Waals surface area (Å²) in [4.78, 5) is 12.1. The number of nitrogens with zero attached hydrogens (tertiary/aromatic N) is 2. The molecule has 0 aliphatic rings. The SMILES string of the molecule is Cc1nc(-c2cncc3ccccc23)c(=S)[nH]c1C. The third-order valence-corrected chi connectivity index (χ3v) is 3.56. The molecule has 0 saturated heterocycles. The highest BCUT2D eigenvalue weighted by Gasteiger charge is 2.09. The summed E-state index contributed by atoms with van der Waals surface area (Å²) in [6, 6.07) is 8.12. The Kier molecular flexibility index (Phi) is 2.87. The van der Waals surface area contributed by atoms with Crippen LogP contribution in [0, 0.1) is 18.5 Å². The van der Waals surface area contributed by atoms with Crippen molar-refractivity contribution in [1.82, 2.24) is 15.0 Å². The number of pyridine rings is 1. The zero-order valence-electron chi connectivity index (χ0n) is 10.8. The summed E-state index contributed by atoms with van der Waals surface area (Å²) in [5.74, 6) is 0. The van der Waals surface area contributed by atoms with Gasteiger partial charge in [-0.2, -0.15) is 0 Å². The van der Waals surface area contributed by atoms with E-state index in [1.807, 2.05) is 44.4 Å². The number of fused-ring (bicyclic) bond motifs is 1. The van der Waals surface area contributed by atoms with Crippen LogP contribution in [-0.2, 0) is 0 Å². The van der Waals surface area contributed by atoms with Crippen LogP contribution in [0.5, 0.6) is 0 Å². The Hall–Kier alpha value is -2.07. The first-order valence-corrected chi connectivity index (χ1v) is 6.48. The molecule has 0 aliphatic heterocycles. The van der Waals surface area contributed by atoms with Crippen molar-refractivity contribution in [1.29, 1.82) is 0 Å². The van der Waals surface area contributed by atoms with Gasteiger partial charge in [-0.15, -0.1) is 0 Å². The van der Waals surface area contributed by atoms with E-state index in [9.17, 15) is 0 Å². The molecule has 4 heteroatoms. The Morgan fingerprint density at radius 1 is 1.11 bits per heavy atom. The van der Waals surface area contributed by atoms with Gasteiger partial charge in [0, 0.05) is 29.0 Å². The Morgan fingerprint density at radius 2 is 1.89 bits per heavy atom. The van der Waals surface area contributed by atoms with Gasteiger partial charge in [0.25, 0.3) is 0 Å². The van der Waals surface area contributed by atoms with Crippen molar-refractivity contribution < 1.29 is 0 Å². The van der Waals surface area contributed by atoms with Crippen molar-refractivity contribution in [2.24, 2.45) is 0 Å². The molecule has 0 atom stereocenters. The summed E-state index contributed by atoms with van der Waals surface area (Å²) >= 11 is 5.40. The van der Waals surface area contributed by atoms with E-state index in [0.29, 0.717) is 4.64 Å². The predicted molar refractivity (Wildman–Crippen MR) is 79.6 cm³/mol. The molecule has 0 saturated carbocycles. The monoisotopic (exact) mass is 267 g/mol. The number of aryl methyl sites for hydroxylation is 2. The third-order valence-electron chi connectivity index (χ3n) is 3.26. The maximum absolute atomic E-state index is 5.40. The van der Waals surface area contributed by atoms with E-state index in [1.165, 1.54) is 0 Å². The van der Waals surface area contributed by atoms with Gasteiger partial charge in [-0.05, 0) is 19.2 Å². The van der Waals surface area contributed by atoms with Gasteiger partial charge in [-0.3, -0.25) is 4.98 Å². The van der Waals surface area contributed by atoms with Gasteiger partial charge in [0.1, 0.15) is 10.3 Å². The molecule has 2 heterocycles. The molecule has 1 aromatic carbocycles. The van der Waals surface area contributed by atoms with Gasteiger partial charge in [0.05, 0.1) is 5.69 Å². The van der Waals surface area contributed by atoms with E-state index in [0.717, 1.165) is 33.4 Å². The van der Waals surface area contributed by atoms with Crippen LogP contribution in [0.2, 0.25) is 0 Å². The van der Waals surface area contributed by atoms with E-state index in [-0.39, 0.29) is 0 Å². The number of hydrogen-bond acceptors (Lipinski definition) is 3. The van der Waals surface area contributed by atoms with E-state index in [2.05, 4.69) is 21.0 Å². The molecular weight excluding hydrogens is 254 g/mol. The highest BCUT2D eigenvalue weighted by Crippen LogP contribution is 2.26. The summed E-state index contributed by atoms with van der Waals surface area (Å²) in [5.41, 5.74) is 3.73. The predicted octanol–water partition coefficient (Wildman–Crippen LogP) is 3.97. The molecule has 94 valence electrons. The molecule has 3 rings (SSSR count). The van der Waals surface area contributed by atoms with Gasteiger partial charge < -0.3 is 4.98 Å². The van der Waals surface area contributed by atoms with E-state index in [1.54, 1.807) is 0 Å². The quantitative estimate of drug-likeness (QED) is 0.678. The number of nitrogens with one attached hydrogen (secondary N) is 1. The second kappa shape index (κ2) is 4.55. The molecule has 0 amide bonds. The minimum absolute atomic E-state index is 0.654. The Morgan fingerprint density at radius 3 is 2.74 bits per heavy atom. The molecule has 0 aliphatic carbocycles. The van der Waals surface area contributed by atoms with Gasteiger partial charge >= 0.3 is 0 Å². The van der Waals surface area contributed by atoms with Crippen molar-refractivity contribution in [3.63, 3.8) is 0 Å². The molecule has 0 bridgehead atoms. The molecule has 2 aromatic heterocycles. The maximum Gasteiger partial charge on any atom is 0.130 e. The topological polar surface area (TPSA) is 41.6 Å².